The maximum Gasteiger partial charge on any atom is 0.213 e. The van der Waals surface area contributed by atoms with E-state index in [-0.39, 0.29) is 63.5 Å². The van der Waals surface area contributed by atoms with E-state index in [1.807, 2.05) is 165 Å². The number of hydrogen-bond donors (Lipinski definition) is 3. The first kappa shape index (κ1) is 68.9. The molecule has 24 heteroatoms. The summed E-state index contributed by atoms with van der Waals surface area (Å²) in [6, 6.07) is 34.0. The van der Waals surface area contributed by atoms with Crippen LogP contribution in [0.15, 0.2) is 157 Å². The number of hydrogen-bond acceptors (Lipinski definition) is 23. The van der Waals surface area contributed by atoms with Gasteiger partial charge in [-0.05, 0) is 156 Å². The zero-order valence-corrected chi connectivity index (χ0v) is 49.2. The number of rotatable bonds is 24. The number of Topliss-reactive ketones (excluding diaryl/α,β-unsaturated/α-hetero) is 1. The molecular formula is C58H73ClN14O9. The van der Waals surface area contributed by atoms with Crippen molar-refractivity contribution in [2.75, 3.05) is 39.6 Å². The van der Waals surface area contributed by atoms with Crippen LogP contribution in [-0.4, -0.2) is 126 Å². The molecule has 6 rings (SSSR count). The minimum Gasteiger partial charge on any atom is -0.411 e. The average molecular weight is 1150 g/mol. The van der Waals surface area contributed by atoms with Crippen molar-refractivity contribution in [3.05, 3.63) is 190 Å². The normalized spacial score (nSPS) is 11.6. The van der Waals surface area contributed by atoms with E-state index < -0.39 is 0 Å². The van der Waals surface area contributed by atoms with E-state index in [4.69, 9.17) is 39.4 Å². The van der Waals surface area contributed by atoms with E-state index in [1.165, 1.54) is 0 Å². The standard InChI is InChI=1S/C20H24N4O2.C19H23N5O3.C19H22N4O3.ClH.H3NO/c1-14(12-25-23-17(4)19-10-6-8-15(2)21-19)13-26-24-18(5)20-11-7-9-16(3)22-20;1-13-7-5-9-18(20-13)15(3)23-26-11-17(22-25)12-27-24-16(4)19-10-6-8-14(2)21-19;1-13-7-5-9-18(20-13)15(3)22-25-11-17(24)12-26-23-16(4)19-10-6-8-14(2)21-19;;1-2/h6-11H,1,12-13H2,2-5H3;5-10,25H,11-12H2,1-4H3;5-10H,11-12H2,1-4H3;1H;2H,1H2/b23-17+,24-18+;23-15+,24-16+;22-15+,23-16+;;. The number of aryl methyl sites for hydroxylation is 6. The second-order valence-electron chi connectivity index (χ2n) is 17.6. The number of ketones is 1. The molecule has 0 aliphatic heterocycles. The first-order chi connectivity index (χ1) is 38.9. The summed E-state index contributed by atoms with van der Waals surface area (Å²) >= 11 is 0. The summed E-state index contributed by atoms with van der Waals surface area (Å²) in [6.07, 6.45) is 0. The van der Waals surface area contributed by atoms with E-state index in [0.717, 1.165) is 62.5 Å². The van der Waals surface area contributed by atoms with Crippen LogP contribution in [0.4, 0.5) is 0 Å². The van der Waals surface area contributed by atoms with Crippen molar-refractivity contribution in [1.82, 2.24) is 29.9 Å². The lowest BCUT2D eigenvalue weighted by Crippen LogP contribution is -2.14. The number of oxime groups is 7. The van der Waals surface area contributed by atoms with E-state index >= 15 is 0 Å². The van der Waals surface area contributed by atoms with Gasteiger partial charge in [0.1, 0.15) is 53.2 Å². The van der Waals surface area contributed by atoms with Crippen LogP contribution in [0, 0.1) is 41.5 Å². The molecule has 0 saturated heterocycles. The third-order valence-electron chi connectivity index (χ3n) is 10.4. The molecule has 436 valence electrons. The maximum atomic E-state index is 11.8. The van der Waals surface area contributed by atoms with Crippen molar-refractivity contribution in [3.8, 4) is 0 Å². The maximum absolute atomic E-state index is 11.8. The quantitative estimate of drug-likeness (QED) is 0.0220. The Balaban J connectivity index is 0.000000411. The Morgan fingerprint density at radius 3 is 0.780 bits per heavy atom. The van der Waals surface area contributed by atoms with Gasteiger partial charge in [0.15, 0.2) is 26.4 Å². The lowest BCUT2D eigenvalue weighted by atomic mass is 10.2. The molecule has 23 nitrogen and oxygen atoms in total. The summed E-state index contributed by atoms with van der Waals surface area (Å²) in [6.45, 7) is 26.2. The van der Waals surface area contributed by atoms with Crippen LogP contribution in [0.3, 0.4) is 0 Å². The van der Waals surface area contributed by atoms with Crippen LogP contribution in [-0.2, 0) is 33.8 Å². The molecule has 6 aromatic heterocycles. The van der Waals surface area contributed by atoms with E-state index in [0.29, 0.717) is 45.7 Å². The number of carbonyl (C=O) groups excluding carboxylic acids is 1. The van der Waals surface area contributed by atoms with Crippen LogP contribution in [0.2, 0.25) is 0 Å². The van der Waals surface area contributed by atoms with Gasteiger partial charge in [-0.3, -0.25) is 34.7 Å². The Morgan fingerprint density at radius 1 is 0.390 bits per heavy atom. The highest BCUT2D eigenvalue weighted by molar-refractivity contribution is 5.99. The smallest absolute Gasteiger partial charge is 0.213 e. The van der Waals surface area contributed by atoms with E-state index in [1.54, 1.807) is 27.7 Å². The highest BCUT2D eigenvalue weighted by Gasteiger charge is 2.09. The van der Waals surface area contributed by atoms with E-state index in [2.05, 4.69) is 78.5 Å². The number of nitrogens with zero attached hydrogens (tertiary/aromatic N) is 13. The number of carbonyl (C=O) groups is 1. The molecule has 0 aliphatic rings. The first-order valence-corrected chi connectivity index (χ1v) is 25.2. The largest absolute Gasteiger partial charge is 0.411 e. The highest BCUT2D eigenvalue weighted by Crippen LogP contribution is 2.07. The molecular weight excluding hydrogens is 1070 g/mol. The lowest BCUT2D eigenvalue weighted by molar-refractivity contribution is -0.128. The molecule has 0 spiro atoms. The summed E-state index contributed by atoms with van der Waals surface area (Å²) < 4.78 is 0. The SMILES string of the molecule is C/C(=N\OCC(=O)CO/N=C(\C)c1cccc(C)n1)c1cccc(C)n1.C/C(=N\OCC(CO/N=C(\C)c1cccc(C)n1)=NO)c1cccc(C)n1.C=C(CO/N=C(\C)c1cccc(C)n1)CO/N=C(\C)c1cccc(C)n1.Cl.NO. The molecule has 6 aromatic rings. The Kier molecular flexibility index (Phi) is 32.3. The third kappa shape index (κ3) is 27.1. The molecule has 0 aromatic carbocycles. The zero-order valence-electron chi connectivity index (χ0n) is 48.4. The van der Waals surface area contributed by atoms with Crippen molar-refractivity contribution in [3.63, 3.8) is 0 Å². The fourth-order valence-electron chi connectivity index (χ4n) is 6.18. The molecule has 0 fully saturated rings. The molecule has 4 N–H and O–H groups in total. The molecule has 0 bridgehead atoms. The average Bonchev–Trinajstić information content (AvgIpc) is 3.46. The topological polar surface area (TPSA) is 303 Å². The van der Waals surface area contributed by atoms with Crippen LogP contribution < -0.4 is 5.90 Å². The van der Waals surface area contributed by atoms with Crippen LogP contribution in [0.5, 0.6) is 0 Å². The Morgan fingerprint density at radius 2 is 0.585 bits per heavy atom. The van der Waals surface area contributed by atoms with Gasteiger partial charge in [-0.2, -0.15) is 0 Å². The van der Waals surface area contributed by atoms with Crippen molar-refractivity contribution in [1.29, 1.82) is 0 Å². The summed E-state index contributed by atoms with van der Waals surface area (Å²) in [4.78, 5) is 69.1. The molecule has 82 heavy (non-hydrogen) atoms. The monoisotopic (exact) mass is 1140 g/mol. The van der Waals surface area contributed by atoms with Crippen LogP contribution >= 0.6 is 12.4 Å². The van der Waals surface area contributed by atoms with Gasteiger partial charge in [0.25, 0.3) is 0 Å². The third-order valence-corrected chi connectivity index (χ3v) is 10.4. The number of aromatic nitrogens is 6. The van der Waals surface area contributed by atoms with Gasteiger partial charge in [0.2, 0.25) is 5.78 Å². The molecule has 6 heterocycles. The Hall–Kier alpha value is -9.19. The molecule has 0 amide bonds. The number of pyridine rings is 6. The van der Waals surface area contributed by atoms with Gasteiger partial charge in [0.05, 0.1) is 34.2 Å². The lowest BCUT2D eigenvalue weighted by Gasteiger charge is -2.06. The summed E-state index contributed by atoms with van der Waals surface area (Å²) in [5.41, 5.74) is 14.7. The summed E-state index contributed by atoms with van der Waals surface area (Å²) in [5, 5.41) is 42.6. The second kappa shape index (κ2) is 38.4. The van der Waals surface area contributed by atoms with Gasteiger partial charge in [-0.1, -0.05) is 79.1 Å². The summed E-state index contributed by atoms with van der Waals surface area (Å²) in [7, 11) is 0. The fourth-order valence-corrected chi connectivity index (χ4v) is 6.18. The molecule has 0 atom stereocenters. The van der Waals surface area contributed by atoms with Gasteiger partial charge in [-0.15, -0.1) is 12.4 Å². The van der Waals surface area contributed by atoms with Gasteiger partial charge in [0, 0.05) is 39.7 Å². The number of nitrogens with two attached hydrogens (primary N) is 1. The zero-order chi connectivity index (χ0) is 59.5. The van der Waals surface area contributed by atoms with Crippen molar-refractivity contribution >= 4 is 58.2 Å². The Bertz CT molecular complexity index is 2860. The Labute approximate surface area is 484 Å². The second-order valence-corrected chi connectivity index (χ2v) is 17.6. The molecule has 0 saturated carbocycles. The first-order valence-electron chi connectivity index (χ1n) is 25.2. The number of halogens is 1. The molecule has 0 radical (unpaired) electrons. The summed E-state index contributed by atoms with van der Waals surface area (Å²) in [5.74, 6) is 3.23. The highest BCUT2D eigenvalue weighted by atomic mass is 35.5. The van der Waals surface area contributed by atoms with Crippen LogP contribution in [0.1, 0.15) is 110 Å². The van der Waals surface area contributed by atoms with Crippen molar-refractivity contribution in [2.24, 2.45) is 42.0 Å². The van der Waals surface area contributed by atoms with E-state index in [9.17, 15) is 4.79 Å². The van der Waals surface area contributed by atoms with Crippen LogP contribution in [0.25, 0.3) is 0 Å². The predicted octanol–water partition coefficient (Wildman–Crippen LogP) is 9.54. The molecule has 0 unspecified atom stereocenters. The minimum atomic E-state index is -0.271. The van der Waals surface area contributed by atoms with Gasteiger partial charge in [-0.25, -0.2) is 5.90 Å². The fraction of sp³-hybridized carbons (Fsp3) is 0.310. The van der Waals surface area contributed by atoms with Gasteiger partial charge >= 0.3 is 0 Å². The van der Waals surface area contributed by atoms with Crippen molar-refractivity contribution in [2.45, 2.75) is 83.1 Å². The minimum absolute atomic E-state index is 0. The predicted molar refractivity (Wildman–Crippen MR) is 319 cm³/mol. The molecule has 0 aliphatic carbocycles. The van der Waals surface area contributed by atoms with Gasteiger partial charge < -0.3 is 39.4 Å². The van der Waals surface area contributed by atoms with Crippen molar-refractivity contribution < 1.29 is 44.2 Å².